The minimum Gasteiger partial charge on any atom is -0.481 e. The van der Waals surface area contributed by atoms with E-state index in [4.69, 9.17) is 5.11 Å². The number of benzene rings is 1. The van der Waals surface area contributed by atoms with Crippen LogP contribution in [0.2, 0.25) is 0 Å². The number of carboxylic acids is 1. The van der Waals surface area contributed by atoms with E-state index in [2.05, 4.69) is 40.6 Å². The molecule has 2 N–H and O–H groups in total. The van der Waals surface area contributed by atoms with E-state index in [0.29, 0.717) is 19.4 Å². The van der Waals surface area contributed by atoms with E-state index in [-0.39, 0.29) is 12.3 Å². The standard InChI is InChI=1S/C20H28N2O3/c23-19(9-6-10-20(24)25)21-13-4-5-14-22-15-11-18(12-16-22)17-7-2-1-3-8-17/h1-3,7-8,11H,4-6,9-10,12-16H2,(H,21,23)(H,24,25). The zero-order valence-electron chi connectivity index (χ0n) is 14.7. The van der Waals surface area contributed by atoms with E-state index in [1.54, 1.807) is 0 Å². The average molecular weight is 344 g/mol. The van der Waals surface area contributed by atoms with Gasteiger partial charge in [0.2, 0.25) is 5.91 Å². The smallest absolute Gasteiger partial charge is 0.303 e. The fourth-order valence-electron chi connectivity index (χ4n) is 3.01. The van der Waals surface area contributed by atoms with Crippen molar-refractivity contribution in [3.8, 4) is 0 Å². The van der Waals surface area contributed by atoms with Crippen molar-refractivity contribution in [2.24, 2.45) is 0 Å². The summed E-state index contributed by atoms with van der Waals surface area (Å²) < 4.78 is 0. The molecule has 0 unspecified atom stereocenters. The normalized spacial score (nSPS) is 14.8. The molecule has 0 radical (unpaired) electrons. The molecule has 5 nitrogen and oxygen atoms in total. The van der Waals surface area contributed by atoms with Crippen molar-refractivity contribution in [3.05, 3.63) is 42.0 Å². The number of carbonyl (C=O) groups is 2. The van der Waals surface area contributed by atoms with E-state index >= 15 is 0 Å². The van der Waals surface area contributed by atoms with Crippen molar-refractivity contribution >= 4 is 17.4 Å². The molecule has 136 valence electrons. The maximum atomic E-state index is 11.5. The molecule has 1 amide bonds. The molecular formula is C20H28N2O3. The summed E-state index contributed by atoms with van der Waals surface area (Å²) >= 11 is 0. The van der Waals surface area contributed by atoms with Gasteiger partial charge >= 0.3 is 5.97 Å². The number of unbranched alkanes of at least 4 members (excludes halogenated alkanes) is 1. The third kappa shape index (κ3) is 7.52. The Kier molecular flexibility index (Phi) is 8.19. The lowest BCUT2D eigenvalue weighted by molar-refractivity contribution is -0.137. The summed E-state index contributed by atoms with van der Waals surface area (Å²) in [6.45, 7) is 3.80. The van der Waals surface area contributed by atoms with Crippen LogP contribution in [0, 0.1) is 0 Å². The van der Waals surface area contributed by atoms with E-state index < -0.39 is 5.97 Å². The third-order valence-electron chi connectivity index (χ3n) is 4.46. The van der Waals surface area contributed by atoms with Gasteiger partial charge in [0.25, 0.3) is 0 Å². The van der Waals surface area contributed by atoms with Crippen LogP contribution in [0.3, 0.4) is 0 Å². The molecule has 0 saturated heterocycles. The second kappa shape index (κ2) is 10.7. The van der Waals surface area contributed by atoms with Gasteiger partial charge in [0, 0.05) is 32.5 Å². The molecule has 1 aliphatic rings. The second-order valence-electron chi connectivity index (χ2n) is 6.45. The number of nitrogens with one attached hydrogen (secondary N) is 1. The Morgan fingerprint density at radius 2 is 1.88 bits per heavy atom. The van der Waals surface area contributed by atoms with Gasteiger partial charge in [0.15, 0.2) is 0 Å². The van der Waals surface area contributed by atoms with Crippen molar-refractivity contribution in [1.29, 1.82) is 0 Å². The molecule has 5 heteroatoms. The van der Waals surface area contributed by atoms with Crippen LogP contribution in [0.4, 0.5) is 0 Å². The van der Waals surface area contributed by atoms with Gasteiger partial charge in [0.1, 0.15) is 0 Å². The third-order valence-corrected chi connectivity index (χ3v) is 4.46. The minimum absolute atomic E-state index is 0.0466. The van der Waals surface area contributed by atoms with Crippen molar-refractivity contribution in [2.45, 2.75) is 38.5 Å². The quantitative estimate of drug-likeness (QED) is 0.640. The van der Waals surface area contributed by atoms with Gasteiger partial charge in [0.05, 0.1) is 0 Å². The molecular weight excluding hydrogens is 316 g/mol. The first-order valence-electron chi connectivity index (χ1n) is 9.10. The van der Waals surface area contributed by atoms with E-state index in [0.717, 1.165) is 38.9 Å². The van der Waals surface area contributed by atoms with Gasteiger partial charge in [-0.3, -0.25) is 14.5 Å². The van der Waals surface area contributed by atoms with Crippen molar-refractivity contribution in [1.82, 2.24) is 10.2 Å². The summed E-state index contributed by atoms with van der Waals surface area (Å²) in [5, 5.41) is 11.4. The molecule has 0 aliphatic carbocycles. The Balaban J connectivity index is 1.54. The molecule has 1 aromatic rings. The zero-order valence-corrected chi connectivity index (χ0v) is 14.7. The molecule has 1 heterocycles. The monoisotopic (exact) mass is 344 g/mol. The lowest BCUT2D eigenvalue weighted by Gasteiger charge is -2.26. The fourth-order valence-corrected chi connectivity index (χ4v) is 3.01. The van der Waals surface area contributed by atoms with Gasteiger partial charge < -0.3 is 10.4 Å². The van der Waals surface area contributed by atoms with Crippen molar-refractivity contribution in [2.75, 3.05) is 26.2 Å². The average Bonchev–Trinajstić information content (AvgIpc) is 2.62. The van der Waals surface area contributed by atoms with Gasteiger partial charge in [-0.2, -0.15) is 0 Å². The number of nitrogens with zero attached hydrogens (tertiary/aromatic N) is 1. The molecule has 1 aromatic carbocycles. The number of carbonyl (C=O) groups excluding carboxylic acids is 1. The summed E-state index contributed by atoms with van der Waals surface area (Å²) in [6.07, 6.45) is 6.19. The number of aliphatic carboxylic acids is 1. The van der Waals surface area contributed by atoms with Gasteiger partial charge in [-0.05, 0) is 43.4 Å². The molecule has 0 aromatic heterocycles. The predicted octanol–water partition coefficient (Wildman–Crippen LogP) is 2.93. The molecule has 1 aliphatic heterocycles. The minimum atomic E-state index is -0.848. The van der Waals surface area contributed by atoms with Crippen LogP contribution in [-0.2, 0) is 9.59 Å². The highest BCUT2D eigenvalue weighted by molar-refractivity contribution is 5.76. The highest BCUT2D eigenvalue weighted by Gasteiger charge is 2.12. The number of hydrogen-bond acceptors (Lipinski definition) is 3. The lowest BCUT2D eigenvalue weighted by Crippen LogP contribution is -2.30. The highest BCUT2D eigenvalue weighted by atomic mass is 16.4. The number of carboxylic acid groups (broad SMARTS) is 1. The zero-order chi connectivity index (χ0) is 17.9. The maximum absolute atomic E-state index is 11.5. The van der Waals surface area contributed by atoms with Crippen LogP contribution in [-0.4, -0.2) is 48.1 Å². The summed E-state index contributed by atoms with van der Waals surface area (Å²) in [6, 6.07) is 10.5. The molecule has 0 atom stereocenters. The fraction of sp³-hybridized carbons (Fsp3) is 0.500. The topological polar surface area (TPSA) is 69.6 Å². The molecule has 0 saturated carbocycles. The number of rotatable bonds is 10. The summed E-state index contributed by atoms with van der Waals surface area (Å²) in [5.74, 6) is -0.895. The van der Waals surface area contributed by atoms with Crippen LogP contribution >= 0.6 is 0 Å². The van der Waals surface area contributed by atoms with Gasteiger partial charge in [-0.1, -0.05) is 36.4 Å². The molecule has 0 spiro atoms. The first-order valence-corrected chi connectivity index (χ1v) is 9.10. The lowest BCUT2D eigenvalue weighted by atomic mass is 9.99. The largest absolute Gasteiger partial charge is 0.481 e. The van der Waals surface area contributed by atoms with Crippen LogP contribution in [0.5, 0.6) is 0 Å². The summed E-state index contributed by atoms with van der Waals surface area (Å²) in [4.78, 5) is 24.4. The second-order valence-corrected chi connectivity index (χ2v) is 6.45. The van der Waals surface area contributed by atoms with Gasteiger partial charge in [-0.25, -0.2) is 0 Å². The Labute approximate surface area is 149 Å². The first kappa shape index (κ1) is 19.2. The SMILES string of the molecule is O=C(O)CCCC(=O)NCCCCN1CC=C(c2ccccc2)CC1. The summed E-state index contributed by atoms with van der Waals surface area (Å²) in [7, 11) is 0. The van der Waals surface area contributed by atoms with Crippen LogP contribution in [0.15, 0.2) is 36.4 Å². The maximum Gasteiger partial charge on any atom is 0.303 e. The van der Waals surface area contributed by atoms with Crippen molar-refractivity contribution in [3.63, 3.8) is 0 Å². The van der Waals surface area contributed by atoms with Crippen LogP contribution < -0.4 is 5.32 Å². The highest BCUT2D eigenvalue weighted by Crippen LogP contribution is 2.21. The van der Waals surface area contributed by atoms with Crippen molar-refractivity contribution < 1.29 is 14.7 Å². The van der Waals surface area contributed by atoms with E-state index in [1.807, 2.05) is 6.07 Å². The first-order chi connectivity index (χ1) is 12.1. The molecule has 0 fully saturated rings. The Bertz CT molecular complexity index is 584. The number of hydrogen-bond donors (Lipinski definition) is 2. The van der Waals surface area contributed by atoms with E-state index in [9.17, 15) is 9.59 Å². The van der Waals surface area contributed by atoms with Crippen LogP contribution in [0.1, 0.15) is 44.1 Å². The predicted molar refractivity (Wildman–Crippen MR) is 99.2 cm³/mol. The van der Waals surface area contributed by atoms with Gasteiger partial charge in [-0.15, -0.1) is 0 Å². The Morgan fingerprint density at radius 1 is 1.08 bits per heavy atom. The Hall–Kier alpha value is -2.14. The molecule has 0 bridgehead atoms. The van der Waals surface area contributed by atoms with Crippen LogP contribution in [0.25, 0.3) is 5.57 Å². The number of amides is 1. The van der Waals surface area contributed by atoms with E-state index in [1.165, 1.54) is 11.1 Å². The molecule has 25 heavy (non-hydrogen) atoms. The summed E-state index contributed by atoms with van der Waals surface area (Å²) in [5.41, 5.74) is 2.76. The molecule has 2 rings (SSSR count). The Morgan fingerprint density at radius 3 is 2.56 bits per heavy atom.